The van der Waals surface area contributed by atoms with E-state index in [1.54, 1.807) is 31.1 Å². The van der Waals surface area contributed by atoms with Crippen LogP contribution in [0.15, 0.2) is 24.3 Å². The molecular weight excluding hydrogens is 246 g/mol. The topological polar surface area (TPSA) is 98.8 Å². The first-order valence-electron chi connectivity index (χ1n) is 5.45. The highest BCUT2D eigenvalue weighted by molar-refractivity contribution is 5.63. The minimum atomic E-state index is -0.460. The first-order chi connectivity index (χ1) is 9.02. The number of H-pyrrole nitrogens is 1. The number of nitro benzene ring substituents is 1. The maximum atomic E-state index is 10.6. The summed E-state index contributed by atoms with van der Waals surface area (Å²) in [6, 6.07) is 8.02. The highest BCUT2D eigenvalue weighted by Crippen LogP contribution is 2.24. The maximum absolute atomic E-state index is 10.6. The number of nitriles is 1. The van der Waals surface area contributed by atoms with Gasteiger partial charge in [0.1, 0.15) is 11.9 Å². The quantitative estimate of drug-likeness (QED) is 0.669. The Kier molecular flexibility index (Phi) is 3.16. The Bertz CT molecular complexity index is 652. The molecule has 0 fully saturated rings. The van der Waals surface area contributed by atoms with Crippen LogP contribution in [0, 0.1) is 21.4 Å². The summed E-state index contributed by atoms with van der Waals surface area (Å²) < 4.78 is 0. The largest absolute Gasteiger partial charge is 0.360 e. The van der Waals surface area contributed by atoms with Crippen LogP contribution in [0.4, 0.5) is 11.5 Å². The third kappa shape index (κ3) is 2.37. The lowest BCUT2D eigenvalue weighted by Gasteiger charge is -2.07. The molecule has 1 aromatic carbocycles. The molecule has 1 heterocycles. The van der Waals surface area contributed by atoms with Gasteiger partial charge in [0.05, 0.1) is 4.92 Å². The normalized spacial score (nSPS) is 9.95. The summed E-state index contributed by atoms with van der Waals surface area (Å²) >= 11 is 0. The fourth-order valence-electron chi connectivity index (χ4n) is 1.64. The van der Waals surface area contributed by atoms with E-state index in [-0.39, 0.29) is 5.69 Å². The van der Waals surface area contributed by atoms with Gasteiger partial charge in [0.25, 0.3) is 5.69 Å². The third-order valence-electron chi connectivity index (χ3n) is 2.57. The van der Waals surface area contributed by atoms with E-state index in [2.05, 4.69) is 9.97 Å². The molecule has 1 aromatic heterocycles. The van der Waals surface area contributed by atoms with Crippen molar-refractivity contribution in [3.63, 3.8) is 0 Å². The summed E-state index contributed by atoms with van der Waals surface area (Å²) in [4.78, 5) is 19.0. The van der Waals surface area contributed by atoms with Gasteiger partial charge in [-0.05, 0) is 12.1 Å². The van der Waals surface area contributed by atoms with Gasteiger partial charge in [-0.1, -0.05) is 0 Å². The predicted molar refractivity (Wildman–Crippen MR) is 69.7 cm³/mol. The summed E-state index contributed by atoms with van der Waals surface area (Å²) in [6.07, 6.45) is 0. The molecule has 0 radical (unpaired) electrons. The van der Waals surface area contributed by atoms with Crippen molar-refractivity contribution < 1.29 is 4.92 Å². The second-order valence-electron chi connectivity index (χ2n) is 4.09. The average molecular weight is 257 g/mol. The van der Waals surface area contributed by atoms with Crippen LogP contribution < -0.4 is 4.90 Å². The number of nitrogens with one attached hydrogen (secondary N) is 1. The summed E-state index contributed by atoms with van der Waals surface area (Å²) in [5.74, 6) is 1.05. The van der Waals surface area contributed by atoms with Gasteiger partial charge in [-0.25, -0.2) is 4.98 Å². The Morgan fingerprint density at radius 2 is 2.00 bits per heavy atom. The second-order valence-corrected chi connectivity index (χ2v) is 4.09. The monoisotopic (exact) mass is 257 g/mol. The number of hydrogen-bond acceptors (Lipinski definition) is 5. The molecule has 19 heavy (non-hydrogen) atoms. The summed E-state index contributed by atoms with van der Waals surface area (Å²) in [6.45, 7) is 0. The number of nitrogens with zero attached hydrogens (tertiary/aromatic N) is 4. The van der Waals surface area contributed by atoms with Crippen molar-refractivity contribution in [1.82, 2.24) is 9.97 Å². The lowest BCUT2D eigenvalue weighted by Crippen LogP contribution is -2.10. The van der Waals surface area contributed by atoms with Crippen LogP contribution in [0.25, 0.3) is 11.4 Å². The van der Waals surface area contributed by atoms with E-state index >= 15 is 0 Å². The predicted octanol–water partition coefficient (Wildman–Crippen LogP) is 1.92. The summed E-state index contributed by atoms with van der Waals surface area (Å²) in [5, 5.41) is 19.6. The van der Waals surface area contributed by atoms with Crippen LogP contribution >= 0.6 is 0 Å². The molecule has 96 valence electrons. The van der Waals surface area contributed by atoms with Crippen molar-refractivity contribution in [2.24, 2.45) is 0 Å². The van der Waals surface area contributed by atoms with Gasteiger partial charge in [-0.15, -0.1) is 0 Å². The van der Waals surface area contributed by atoms with Gasteiger partial charge in [0.2, 0.25) is 0 Å². The van der Waals surface area contributed by atoms with Crippen LogP contribution in [-0.4, -0.2) is 29.0 Å². The first kappa shape index (κ1) is 12.6. The SMILES string of the molecule is CN(C)c1nc(-c2ccc([N+](=O)[O-])cc2)[nH]c1C#N. The smallest absolute Gasteiger partial charge is 0.269 e. The zero-order chi connectivity index (χ0) is 14.0. The van der Waals surface area contributed by atoms with E-state index in [0.29, 0.717) is 22.9 Å². The highest BCUT2D eigenvalue weighted by Gasteiger charge is 2.13. The van der Waals surface area contributed by atoms with Gasteiger partial charge in [0.15, 0.2) is 11.5 Å². The summed E-state index contributed by atoms with van der Waals surface area (Å²) in [7, 11) is 3.58. The molecule has 0 aliphatic carbocycles. The molecule has 0 saturated carbocycles. The number of benzene rings is 1. The number of rotatable bonds is 3. The Balaban J connectivity index is 2.42. The van der Waals surface area contributed by atoms with E-state index < -0.39 is 4.92 Å². The van der Waals surface area contributed by atoms with Gasteiger partial charge < -0.3 is 9.88 Å². The Morgan fingerprint density at radius 3 is 2.42 bits per heavy atom. The molecule has 0 aliphatic heterocycles. The van der Waals surface area contributed by atoms with Crippen LogP contribution in [0.3, 0.4) is 0 Å². The standard InChI is InChI=1S/C12H11N5O2/c1-16(2)12-10(7-13)14-11(15-12)8-3-5-9(6-4-8)17(18)19/h3-6H,1-2H3,(H,14,15). The number of anilines is 1. The molecule has 0 unspecified atom stereocenters. The zero-order valence-corrected chi connectivity index (χ0v) is 10.4. The molecule has 1 N–H and O–H groups in total. The van der Waals surface area contributed by atoms with E-state index in [1.807, 2.05) is 6.07 Å². The van der Waals surface area contributed by atoms with Gasteiger partial charge in [0, 0.05) is 31.8 Å². The second kappa shape index (κ2) is 4.78. The number of nitro groups is 1. The van der Waals surface area contributed by atoms with Crippen LogP contribution in [0.5, 0.6) is 0 Å². The minimum Gasteiger partial charge on any atom is -0.360 e. The Hall–Kier alpha value is -2.88. The number of aromatic nitrogens is 2. The molecule has 2 rings (SSSR count). The van der Waals surface area contributed by atoms with Crippen molar-refractivity contribution in [2.75, 3.05) is 19.0 Å². The van der Waals surface area contributed by atoms with Gasteiger partial charge >= 0.3 is 0 Å². The molecule has 7 heteroatoms. The van der Waals surface area contributed by atoms with Gasteiger partial charge in [-0.3, -0.25) is 10.1 Å². The maximum Gasteiger partial charge on any atom is 0.269 e. The Morgan fingerprint density at radius 1 is 1.37 bits per heavy atom. The van der Waals surface area contributed by atoms with Crippen molar-refractivity contribution in [1.29, 1.82) is 5.26 Å². The lowest BCUT2D eigenvalue weighted by atomic mass is 10.2. The number of imidazole rings is 1. The number of hydrogen-bond donors (Lipinski definition) is 1. The third-order valence-corrected chi connectivity index (χ3v) is 2.57. The average Bonchev–Trinajstić information content (AvgIpc) is 2.83. The zero-order valence-electron chi connectivity index (χ0n) is 10.4. The van der Waals surface area contributed by atoms with E-state index in [0.717, 1.165) is 0 Å². The highest BCUT2D eigenvalue weighted by atomic mass is 16.6. The Labute approximate surface area is 109 Å². The minimum absolute atomic E-state index is 0.0173. The fraction of sp³-hybridized carbons (Fsp3) is 0.167. The fourth-order valence-corrected chi connectivity index (χ4v) is 1.64. The molecule has 0 saturated heterocycles. The van der Waals surface area contributed by atoms with E-state index in [4.69, 9.17) is 5.26 Å². The molecule has 0 amide bonds. The van der Waals surface area contributed by atoms with Crippen molar-refractivity contribution in [3.8, 4) is 17.5 Å². The molecular formula is C12H11N5O2. The lowest BCUT2D eigenvalue weighted by molar-refractivity contribution is -0.384. The molecule has 2 aromatic rings. The van der Waals surface area contributed by atoms with Crippen LogP contribution in [0.1, 0.15) is 5.69 Å². The summed E-state index contributed by atoms with van der Waals surface area (Å²) in [5.41, 5.74) is 1.07. The first-order valence-corrected chi connectivity index (χ1v) is 5.45. The van der Waals surface area contributed by atoms with Crippen molar-refractivity contribution >= 4 is 11.5 Å². The van der Waals surface area contributed by atoms with E-state index in [1.165, 1.54) is 12.1 Å². The number of aromatic amines is 1. The van der Waals surface area contributed by atoms with Gasteiger partial charge in [-0.2, -0.15) is 5.26 Å². The van der Waals surface area contributed by atoms with Crippen molar-refractivity contribution in [2.45, 2.75) is 0 Å². The molecule has 0 bridgehead atoms. The van der Waals surface area contributed by atoms with E-state index in [9.17, 15) is 10.1 Å². The van der Waals surface area contributed by atoms with Crippen molar-refractivity contribution in [3.05, 3.63) is 40.1 Å². The molecule has 0 atom stereocenters. The molecule has 0 aliphatic rings. The number of non-ortho nitro benzene ring substituents is 1. The molecule has 0 spiro atoms. The van der Waals surface area contributed by atoms with Crippen LogP contribution in [-0.2, 0) is 0 Å². The van der Waals surface area contributed by atoms with Crippen LogP contribution in [0.2, 0.25) is 0 Å². The molecule has 7 nitrogen and oxygen atoms in total.